The highest BCUT2D eigenvalue weighted by molar-refractivity contribution is 5.77. The summed E-state index contributed by atoms with van der Waals surface area (Å²) in [7, 11) is 1.78. The predicted octanol–water partition coefficient (Wildman–Crippen LogP) is 2.25. The van der Waals surface area contributed by atoms with Crippen molar-refractivity contribution in [1.29, 1.82) is 0 Å². The lowest BCUT2D eigenvalue weighted by Crippen LogP contribution is -2.40. The lowest BCUT2D eigenvalue weighted by Gasteiger charge is -2.22. The fraction of sp³-hybridized carbons (Fsp3) is 0.474. The maximum Gasteiger partial charge on any atom is 0.258 e. The van der Waals surface area contributed by atoms with Crippen molar-refractivity contribution in [1.82, 2.24) is 15.1 Å². The molecule has 2 N–H and O–H groups in total. The second-order valence-electron chi connectivity index (χ2n) is 6.92. The largest absolute Gasteiger partial charge is 0.483 e. The molecule has 0 saturated heterocycles. The second kappa shape index (κ2) is 7.70. The summed E-state index contributed by atoms with van der Waals surface area (Å²) >= 11 is 0. The van der Waals surface area contributed by atoms with Gasteiger partial charge in [-0.05, 0) is 37.0 Å². The third-order valence-electron chi connectivity index (χ3n) is 4.19. The van der Waals surface area contributed by atoms with Gasteiger partial charge in [0.05, 0.1) is 12.7 Å². The number of ether oxygens (including phenoxy) is 1. The highest BCUT2D eigenvalue weighted by Gasteiger charge is 2.25. The zero-order valence-corrected chi connectivity index (χ0v) is 15.5. The first kappa shape index (κ1) is 19.0. The monoisotopic (exact) mass is 345 g/mol. The topological polar surface area (TPSA) is 76.4 Å². The Hall–Kier alpha value is -2.34. The second-order valence-corrected chi connectivity index (χ2v) is 6.92. The number of aliphatic hydroxyl groups is 1. The van der Waals surface area contributed by atoms with Crippen LogP contribution in [0.2, 0.25) is 0 Å². The van der Waals surface area contributed by atoms with Crippen LogP contribution in [0.15, 0.2) is 30.6 Å². The van der Waals surface area contributed by atoms with E-state index < -0.39 is 5.60 Å². The molecule has 6 heteroatoms. The number of aromatic nitrogens is 2. The Morgan fingerprint density at radius 3 is 2.76 bits per heavy atom. The van der Waals surface area contributed by atoms with Gasteiger partial charge in [0.25, 0.3) is 5.91 Å². The van der Waals surface area contributed by atoms with Crippen molar-refractivity contribution in [3.05, 3.63) is 47.3 Å². The van der Waals surface area contributed by atoms with Gasteiger partial charge in [0.15, 0.2) is 6.61 Å². The average molecular weight is 345 g/mol. The Morgan fingerprint density at radius 2 is 2.16 bits per heavy atom. The van der Waals surface area contributed by atoms with Crippen molar-refractivity contribution in [3.63, 3.8) is 0 Å². The molecule has 0 saturated carbocycles. The molecule has 1 aromatic carbocycles. The van der Waals surface area contributed by atoms with Crippen LogP contribution in [0.3, 0.4) is 0 Å². The molecular formula is C19H27N3O3. The van der Waals surface area contributed by atoms with Gasteiger partial charge in [-0.1, -0.05) is 26.0 Å². The molecule has 2 aromatic rings. The Kier molecular flexibility index (Phi) is 5.85. The lowest BCUT2D eigenvalue weighted by molar-refractivity contribution is -0.124. The van der Waals surface area contributed by atoms with Crippen LogP contribution in [0.1, 0.15) is 43.4 Å². The number of hydrogen-bond acceptors (Lipinski definition) is 4. The molecule has 0 fully saturated rings. The van der Waals surface area contributed by atoms with Crippen molar-refractivity contribution in [3.8, 4) is 5.75 Å². The van der Waals surface area contributed by atoms with Crippen molar-refractivity contribution >= 4 is 5.91 Å². The summed E-state index contributed by atoms with van der Waals surface area (Å²) < 4.78 is 7.26. The Morgan fingerprint density at radius 1 is 1.44 bits per heavy atom. The first-order chi connectivity index (χ1) is 11.7. The Bertz CT molecular complexity index is 735. The van der Waals surface area contributed by atoms with E-state index in [0.717, 1.165) is 5.56 Å². The summed E-state index contributed by atoms with van der Waals surface area (Å²) in [6, 6.07) is 6.03. The molecular weight excluding hydrogens is 318 g/mol. The molecule has 136 valence electrons. The number of carbonyl (C=O) groups is 1. The van der Waals surface area contributed by atoms with E-state index in [1.54, 1.807) is 31.0 Å². The van der Waals surface area contributed by atoms with Crippen molar-refractivity contribution < 1.29 is 14.6 Å². The summed E-state index contributed by atoms with van der Waals surface area (Å²) in [4.78, 5) is 12.1. The molecule has 6 nitrogen and oxygen atoms in total. The predicted molar refractivity (Wildman–Crippen MR) is 96.6 cm³/mol. The fourth-order valence-electron chi connectivity index (χ4n) is 2.40. The van der Waals surface area contributed by atoms with E-state index in [0.29, 0.717) is 17.2 Å². The molecule has 1 aromatic heterocycles. The lowest BCUT2D eigenvalue weighted by atomic mass is 10.00. The molecule has 2 rings (SSSR count). The van der Waals surface area contributed by atoms with E-state index in [9.17, 15) is 9.90 Å². The molecule has 0 aliphatic carbocycles. The molecule has 1 amide bonds. The van der Waals surface area contributed by atoms with Gasteiger partial charge >= 0.3 is 0 Å². The summed E-state index contributed by atoms with van der Waals surface area (Å²) in [6.45, 7) is 7.81. The van der Waals surface area contributed by atoms with E-state index in [1.807, 2.05) is 19.1 Å². The Balaban J connectivity index is 1.90. The van der Waals surface area contributed by atoms with Gasteiger partial charge in [-0.25, -0.2) is 0 Å². The molecule has 0 radical (unpaired) electrons. The minimum absolute atomic E-state index is 0.0892. The number of benzene rings is 1. The minimum Gasteiger partial charge on any atom is -0.483 e. The number of amides is 1. The van der Waals surface area contributed by atoms with Crippen molar-refractivity contribution in [2.75, 3.05) is 13.2 Å². The fourth-order valence-corrected chi connectivity index (χ4v) is 2.40. The number of hydrogen-bond donors (Lipinski definition) is 2. The summed E-state index contributed by atoms with van der Waals surface area (Å²) in [5.41, 5.74) is 1.62. The van der Waals surface area contributed by atoms with Crippen LogP contribution in [-0.2, 0) is 17.4 Å². The van der Waals surface area contributed by atoms with Crippen LogP contribution in [0.4, 0.5) is 0 Å². The maximum atomic E-state index is 12.1. The molecule has 0 bridgehead atoms. The number of aryl methyl sites for hydroxylation is 2. The van der Waals surface area contributed by atoms with E-state index in [1.165, 1.54) is 5.56 Å². The number of nitrogens with zero attached hydrogens (tertiary/aromatic N) is 2. The van der Waals surface area contributed by atoms with Gasteiger partial charge in [0.1, 0.15) is 11.4 Å². The van der Waals surface area contributed by atoms with Gasteiger partial charge < -0.3 is 15.2 Å². The maximum absolute atomic E-state index is 12.1. The quantitative estimate of drug-likeness (QED) is 0.807. The zero-order chi connectivity index (χ0) is 18.6. The molecule has 0 spiro atoms. The summed E-state index contributed by atoms with van der Waals surface area (Å²) in [5, 5.41) is 17.2. The SMILES string of the molecule is Cc1ccc(C(C)C)cc1OCC(=O)NCC(C)(O)c1cnn(C)c1. The van der Waals surface area contributed by atoms with E-state index in [4.69, 9.17) is 4.74 Å². The average Bonchev–Trinajstić information content (AvgIpc) is 2.99. The third-order valence-corrected chi connectivity index (χ3v) is 4.19. The third kappa shape index (κ3) is 5.06. The van der Waals surface area contributed by atoms with Crippen LogP contribution in [-0.4, -0.2) is 33.9 Å². The van der Waals surface area contributed by atoms with Crippen molar-refractivity contribution in [2.45, 2.75) is 39.2 Å². The zero-order valence-electron chi connectivity index (χ0n) is 15.5. The normalized spacial score (nSPS) is 13.6. The summed E-state index contributed by atoms with van der Waals surface area (Å²) in [6.07, 6.45) is 3.31. The number of carbonyl (C=O) groups excluding carboxylic acids is 1. The van der Waals surface area contributed by atoms with Crippen LogP contribution in [0, 0.1) is 6.92 Å². The van der Waals surface area contributed by atoms with Gasteiger partial charge in [-0.2, -0.15) is 5.10 Å². The molecule has 0 aliphatic heterocycles. The summed E-state index contributed by atoms with van der Waals surface area (Å²) in [5.74, 6) is 0.824. The number of nitrogens with one attached hydrogen (secondary N) is 1. The van der Waals surface area contributed by atoms with Gasteiger partial charge in [0, 0.05) is 18.8 Å². The van der Waals surface area contributed by atoms with Crippen LogP contribution >= 0.6 is 0 Å². The smallest absolute Gasteiger partial charge is 0.258 e. The highest BCUT2D eigenvalue weighted by atomic mass is 16.5. The van der Waals surface area contributed by atoms with Crippen molar-refractivity contribution in [2.24, 2.45) is 7.05 Å². The molecule has 0 aliphatic rings. The molecule has 1 heterocycles. The van der Waals surface area contributed by atoms with Crippen LogP contribution in [0.25, 0.3) is 0 Å². The van der Waals surface area contributed by atoms with Crippen LogP contribution in [0.5, 0.6) is 5.75 Å². The van der Waals surface area contributed by atoms with Gasteiger partial charge in [-0.15, -0.1) is 0 Å². The standard InChI is InChI=1S/C19H27N3O3/c1-13(2)15-7-6-14(3)17(8-15)25-11-18(23)20-12-19(4,24)16-9-21-22(5)10-16/h6-10,13,24H,11-12H2,1-5H3,(H,20,23). The van der Waals surface area contributed by atoms with E-state index >= 15 is 0 Å². The van der Waals surface area contributed by atoms with E-state index in [-0.39, 0.29) is 19.1 Å². The van der Waals surface area contributed by atoms with Gasteiger partial charge in [0.2, 0.25) is 0 Å². The minimum atomic E-state index is -1.18. The Labute approximate surface area is 148 Å². The van der Waals surface area contributed by atoms with Crippen LogP contribution < -0.4 is 10.1 Å². The first-order valence-electron chi connectivity index (χ1n) is 8.40. The number of rotatable bonds is 7. The first-order valence-corrected chi connectivity index (χ1v) is 8.40. The van der Waals surface area contributed by atoms with E-state index in [2.05, 4.69) is 30.3 Å². The molecule has 1 atom stereocenters. The molecule has 1 unspecified atom stereocenters. The molecule has 25 heavy (non-hydrogen) atoms. The highest BCUT2D eigenvalue weighted by Crippen LogP contribution is 2.24. The van der Waals surface area contributed by atoms with Gasteiger partial charge in [-0.3, -0.25) is 9.48 Å².